The normalized spacial score (nSPS) is 12.7. The Morgan fingerprint density at radius 3 is 1.26 bits per heavy atom. The van der Waals surface area contributed by atoms with Gasteiger partial charge < -0.3 is 9.84 Å². The van der Waals surface area contributed by atoms with Crippen LogP contribution in [0.4, 0.5) is 0 Å². The lowest BCUT2D eigenvalue weighted by atomic mass is 10.0. The Balaban J connectivity index is 3.90. The molecule has 0 bridgehead atoms. The zero-order valence-electron chi connectivity index (χ0n) is 33.2. The van der Waals surface area contributed by atoms with Gasteiger partial charge in [0.25, 0.3) is 0 Å². The molecule has 4 heteroatoms. The Morgan fingerprint density at radius 2 is 0.780 bits per heavy atom. The number of carbonyl (C=O) groups excluding carboxylic acids is 1. The molecule has 0 fully saturated rings. The Kier molecular flexibility index (Phi) is 39.6. The number of carboxylic acids is 1. The molecule has 0 radical (unpaired) electrons. The molecule has 1 N–H and O–H groups in total. The minimum Gasteiger partial charge on any atom is -0.481 e. The maximum atomic E-state index is 12.6. The van der Waals surface area contributed by atoms with Crippen molar-refractivity contribution >= 4 is 11.9 Å². The van der Waals surface area contributed by atoms with E-state index in [0.717, 1.165) is 64.2 Å². The molecule has 0 spiro atoms. The van der Waals surface area contributed by atoms with Gasteiger partial charge in [-0.1, -0.05) is 178 Å². The predicted molar refractivity (Wildman–Crippen MR) is 218 cm³/mol. The maximum absolute atomic E-state index is 12.6. The highest BCUT2D eigenvalue weighted by Gasteiger charge is 2.14. The monoisotopic (exact) mass is 699 g/mol. The summed E-state index contributed by atoms with van der Waals surface area (Å²) in [5, 5.41) is 8.97. The van der Waals surface area contributed by atoms with Crippen LogP contribution < -0.4 is 0 Å². The van der Waals surface area contributed by atoms with Crippen molar-refractivity contribution in [1.82, 2.24) is 0 Å². The maximum Gasteiger partial charge on any atom is 0.306 e. The molecule has 0 saturated heterocycles. The molecule has 0 aromatic heterocycles. The van der Waals surface area contributed by atoms with Crippen LogP contribution >= 0.6 is 0 Å². The average Bonchev–Trinajstić information content (AvgIpc) is 3.10. The molecular weight excluding hydrogens is 617 g/mol. The zero-order chi connectivity index (χ0) is 36.4. The number of aliphatic carboxylic acids is 1. The van der Waals surface area contributed by atoms with Crippen molar-refractivity contribution in [3.05, 3.63) is 48.6 Å². The second kappa shape index (κ2) is 41.3. The second-order valence-electron chi connectivity index (χ2n) is 14.5. The lowest BCUT2D eigenvalue weighted by Crippen LogP contribution is -2.18. The van der Waals surface area contributed by atoms with E-state index in [-0.39, 0.29) is 18.5 Å². The average molecular weight is 699 g/mol. The van der Waals surface area contributed by atoms with Gasteiger partial charge in [-0.15, -0.1) is 0 Å². The zero-order valence-corrected chi connectivity index (χ0v) is 33.2. The van der Waals surface area contributed by atoms with E-state index in [4.69, 9.17) is 9.84 Å². The van der Waals surface area contributed by atoms with Crippen molar-refractivity contribution in [3.63, 3.8) is 0 Å². The fourth-order valence-electron chi connectivity index (χ4n) is 6.34. The number of allylic oxidation sites excluding steroid dienone is 8. The molecule has 4 nitrogen and oxygen atoms in total. The van der Waals surface area contributed by atoms with E-state index in [1.807, 2.05) is 0 Å². The minimum atomic E-state index is -0.746. The van der Waals surface area contributed by atoms with Crippen LogP contribution in [-0.4, -0.2) is 23.1 Å². The largest absolute Gasteiger partial charge is 0.481 e. The molecule has 1 unspecified atom stereocenters. The van der Waals surface area contributed by atoms with Gasteiger partial charge in [0.1, 0.15) is 6.10 Å². The number of esters is 1. The number of ether oxygens (including phenoxy) is 1. The topological polar surface area (TPSA) is 63.6 Å². The van der Waals surface area contributed by atoms with E-state index in [0.29, 0.717) is 12.8 Å². The van der Waals surface area contributed by atoms with Crippen LogP contribution in [0, 0.1) is 0 Å². The molecule has 0 aromatic carbocycles. The van der Waals surface area contributed by atoms with Gasteiger partial charge in [0.05, 0.1) is 0 Å². The predicted octanol–water partition coefficient (Wildman–Crippen LogP) is 15.1. The third-order valence-corrected chi connectivity index (χ3v) is 9.55. The first kappa shape index (κ1) is 47.9. The van der Waals surface area contributed by atoms with Crippen LogP contribution in [0.5, 0.6) is 0 Å². The first-order chi connectivity index (χ1) is 24.6. The summed E-state index contributed by atoms with van der Waals surface area (Å²) in [4.78, 5) is 23.5. The van der Waals surface area contributed by atoms with Gasteiger partial charge in [-0.25, -0.2) is 0 Å². The van der Waals surface area contributed by atoms with Gasteiger partial charge in [-0.3, -0.25) is 9.59 Å². The molecule has 0 saturated carbocycles. The summed E-state index contributed by atoms with van der Waals surface area (Å²) < 4.78 is 5.91. The minimum absolute atomic E-state index is 0.0564. The van der Waals surface area contributed by atoms with Crippen LogP contribution in [0.2, 0.25) is 0 Å². The number of carboxylic acid groups (broad SMARTS) is 1. The number of hydrogen-bond acceptors (Lipinski definition) is 3. The molecule has 0 amide bonds. The lowest BCUT2D eigenvalue weighted by Gasteiger charge is -2.18. The number of unbranched alkanes of at least 4 members (excludes halogenated alkanes) is 22. The third-order valence-electron chi connectivity index (χ3n) is 9.55. The summed E-state index contributed by atoms with van der Waals surface area (Å²) in [5.41, 5.74) is 0. The van der Waals surface area contributed by atoms with Crippen molar-refractivity contribution < 1.29 is 19.4 Å². The van der Waals surface area contributed by atoms with Gasteiger partial charge in [0, 0.05) is 12.8 Å². The summed E-state index contributed by atoms with van der Waals surface area (Å²) >= 11 is 0. The number of carbonyl (C=O) groups is 2. The Morgan fingerprint density at radius 1 is 0.440 bits per heavy atom. The van der Waals surface area contributed by atoms with E-state index < -0.39 is 5.97 Å². The standard InChI is InChI=1S/C46H82O4/c1-3-5-7-9-11-13-15-17-19-20-21-22-23-24-25-27-29-31-33-35-37-43-46(49)50-44(41-38-39-42-45(47)48)40-36-34-32-30-28-26-18-16-14-12-10-8-6-4-2/h11,13,17,19,21-22,24-25,44H,3-10,12,14-16,18,20,23,26-43H2,1-2H3,(H,47,48)/b13-11-,19-17-,22-21-,25-24-. The van der Waals surface area contributed by atoms with Crippen LogP contribution in [0.3, 0.4) is 0 Å². The third kappa shape index (κ3) is 40.3. The van der Waals surface area contributed by atoms with Crippen LogP contribution in [-0.2, 0) is 14.3 Å². The molecular formula is C46H82O4. The quantitative estimate of drug-likeness (QED) is 0.0394. The highest BCUT2D eigenvalue weighted by atomic mass is 16.5. The van der Waals surface area contributed by atoms with Crippen LogP contribution in [0.25, 0.3) is 0 Å². The molecule has 0 aliphatic carbocycles. The Bertz CT molecular complexity index is 839. The fourth-order valence-corrected chi connectivity index (χ4v) is 6.34. The molecule has 0 rings (SSSR count). The van der Waals surface area contributed by atoms with Crippen LogP contribution in [0.1, 0.15) is 226 Å². The highest BCUT2D eigenvalue weighted by molar-refractivity contribution is 5.69. The molecule has 290 valence electrons. The first-order valence-corrected chi connectivity index (χ1v) is 21.6. The summed E-state index contributed by atoms with van der Waals surface area (Å²) in [6, 6.07) is 0. The molecule has 0 heterocycles. The van der Waals surface area contributed by atoms with Gasteiger partial charge in [0.2, 0.25) is 0 Å². The fraction of sp³-hybridized carbons (Fsp3) is 0.783. The van der Waals surface area contributed by atoms with Gasteiger partial charge >= 0.3 is 11.9 Å². The van der Waals surface area contributed by atoms with Gasteiger partial charge in [-0.05, 0) is 83.5 Å². The second-order valence-corrected chi connectivity index (χ2v) is 14.5. The highest BCUT2D eigenvalue weighted by Crippen LogP contribution is 2.18. The SMILES string of the molecule is CCCCC/C=C\C/C=C\C/C=C\C/C=C\CCCCCCCC(=O)OC(CCCCCCCCCCCCCCCC)CCCCC(=O)O. The first-order valence-electron chi connectivity index (χ1n) is 21.6. The van der Waals surface area contributed by atoms with Crippen molar-refractivity contribution in [2.45, 2.75) is 232 Å². The summed E-state index contributed by atoms with van der Waals surface area (Å²) in [6.45, 7) is 4.52. The summed E-state index contributed by atoms with van der Waals surface area (Å²) in [6.07, 6.45) is 55.6. The van der Waals surface area contributed by atoms with E-state index >= 15 is 0 Å². The molecule has 1 atom stereocenters. The number of hydrogen-bond donors (Lipinski definition) is 1. The van der Waals surface area contributed by atoms with Crippen molar-refractivity contribution in [3.8, 4) is 0 Å². The van der Waals surface area contributed by atoms with Gasteiger partial charge in [0.15, 0.2) is 0 Å². The molecule has 0 aliphatic heterocycles. The van der Waals surface area contributed by atoms with E-state index in [9.17, 15) is 9.59 Å². The summed E-state index contributed by atoms with van der Waals surface area (Å²) in [5.74, 6) is -0.815. The molecule has 50 heavy (non-hydrogen) atoms. The smallest absolute Gasteiger partial charge is 0.306 e. The van der Waals surface area contributed by atoms with Crippen molar-refractivity contribution in [2.24, 2.45) is 0 Å². The Hall–Kier alpha value is -2.10. The van der Waals surface area contributed by atoms with E-state index in [1.165, 1.54) is 128 Å². The van der Waals surface area contributed by atoms with E-state index in [1.54, 1.807) is 0 Å². The Labute approximate surface area is 311 Å². The molecule has 0 aliphatic rings. The van der Waals surface area contributed by atoms with E-state index in [2.05, 4.69) is 62.5 Å². The van der Waals surface area contributed by atoms with Gasteiger partial charge in [-0.2, -0.15) is 0 Å². The lowest BCUT2D eigenvalue weighted by molar-refractivity contribution is -0.150. The number of rotatable bonds is 39. The van der Waals surface area contributed by atoms with Crippen LogP contribution in [0.15, 0.2) is 48.6 Å². The van der Waals surface area contributed by atoms with Crippen molar-refractivity contribution in [1.29, 1.82) is 0 Å². The molecule has 0 aromatic rings. The summed E-state index contributed by atoms with van der Waals surface area (Å²) in [7, 11) is 0. The van der Waals surface area contributed by atoms with Crippen molar-refractivity contribution in [2.75, 3.05) is 0 Å².